The predicted molar refractivity (Wildman–Crippen MR) is 140 cm³/mol. The van der Waals surface area contributed by atoms with Gasteiger partial charge in [-0.2, -0.15) is 0 Å². The van der Waals surface area contributed by atoms with Crippen LogP contribution >= 0.6 is 22.7 Å². The number of hydrogen-bond donors (Lipinski definition) is 0. The lowest BCUT2D eigenvalue weighted by atomic mass is 10.2. The van der Waals surface area contributed by atoms with Gasteiger partial charge in [0.25, 0.3) is 0 Å². The zero-order chi connectivity index (χ0) is 26.3. The second kappa shape index (κ2) is 12.1. The van der Waals surface area contributed by atoms with Crippen molar-refractivity contribution in [3.8, 4) is 0 Å². The van der Waals surface area contributed by atoms with Crippen LogP contribution in [0.5, 0.6) is 0 Å². The summed E-state index contributed by atoms with van der Waals surface area (Å²) in [7, 11) is 0. The molecule has 188 valence electrons. The molecular formula is C24H33NO6S3. The molecule has 34 heavy (non-hydrogen) atoms. The van der Waals surface area contributed by atoms with Crippen molar-refractivity contribution in [1.29, 1.82) is 0 Å². The van der Waals surface area contributed by atoms with Crippen LogP contribution in [-0.4, -0.2) is 44.9 Å². The van der Waals surface area contributed by atoms with Crippen LogP contribution in [0.1, 0.15) is 96.2 Å². The summed E-state index contributed by atoms with van der Waals surface area (Å²) < 4.78 is 25.8. The molecule has 0 saturated heterocycles. The lowest BCUT2D eigenvalue weighted by Gasteiger charge is -2.18. The Morgan fingerprint density at radius 1 is 0.824 bits per heavy atom. The van der Waals surface area contributed by atoms with Gasteiger partial charge in [0.1, 0.15) is 37.1 Å². The molecule has 10 heteroatoms. The van der Waals surface area contributed by atoms with Crippen molar-refractivity contribution in [3.63, 3.8) is 0 Å². The fraction of sp³-hybridized carbons (Fsp3) is 0.500. The van der Waals surface area contributed by atoms with Crippen molar-refractivity contribution in [2.24, 2.45) is 4.40 Å². The van der Waals surface area contributed by atoms with E-state index in [0.717, 1.165) is 22.5 Å². The normalized spacial score (nSPS) is 13.1. The Morgan fingerprint density at radius 3 is 1.59 bits per heavy atom. The zero-order valence-electron chi connectivity index (χ0n) is 21.1. The van der Waals surface area contributed by atoms with Gasteiger partial charge in [-0.25, -0.2) is 9.59 Å². The standard InChI is InChI=1S/C14H21NO3S2.C10H12O3S/c1-13(2,3)18-12(16)11-8-7-10(19-11)9-15-20(17)14(4,5)6;1-10(2,3)13-9(12)8-5-4-7(6-11)14-8/h7-9H,1-6H3;4-6H,1-3H3. The summed E-state index contributed by atoms with van der Waals surface area (Å²) in [5.41, 5.74) is -1.01. The van der Waals surface area contributed by atoms with Crippen LogP contribution in [0.4, 0.5) is 0 Å². The Bertz CT molecular complexity index is 1000. The molecule has 0 N–H and O–H groups in total. The van der Waals surface area contributed by atoms with Gasteiger partial charge in [-0.05, 0) is 86.6 Å². The second-order valence-corrected chi connectivity index (χ2v) is 14.3. The molecule has 0 aliphatic carbocycles. The van der Waals surface area contributed by atoms with Crippen molar-refractivity contribution < 1.29 is 28.4 Å². The van der Waals surface area contributed by atoms with E-state index in [2.05, 4.69) is 4.40 Å². The zero-order valence-corrected chi connectivity index (χ0v) is 23.5. The molecule has 2 heterocycles. The van der Waals surface area contributed by atoms with Crippen molar-refractivity contribution in [2.75, 3.05) is 0 Å². The van der Waals surface area contributed by atoms with Crippen molar-refractivity contribution >= 4 is 58.5 Å². The maximum absolute atomic E-state index is 11.9. The summed E-state index contributed by atoms with van der Waals surface area (Å²) >= 11 is 1.12. The molecule has 0 radical (unpaired) electrons. The molecule has 7 nitrogen and oxygen atoms in total. The van der Waals surface area contributed by atoms with Crippen molar-refractivity contribution in [2.45, 2.75) is 78.3 Å². The fourth-order valence-corrected chi connectivity index (χ4v) is 4.02. The smallest absolute Gasteiger partial charge is 0.348 e. The van der Waals surface area contributed by atoms with E-state index in [0.29, 0.717) is 14.6 Å². The number of thiophene rings is 2. The first kappa shape index (κ1) is 30.0. The molecule has 2 aromatic heterocycles. The third kappa shape index (κ3) is 11.4. The molecule has 0 aliphatic heterocycles. The Balaban J connectivity index is 0.000000362. The quantitative estimate of drug-likeness (QED) is 0.201. The Kier molecular flexibility index (Phi) is 10.7. The van der Waals surface area contributed by atoms with Crippen LogP contribution in [0.15, 0.2) is 28.7 Å². The van der Waals surface area contributed by atoms with Gasteiger partial charge in [-0.3, -0.25) is 4.79 Å². The maximum Gasteiger partial charge on any atom is 0.348 e. The van der Waals surface area contributed by atoms with Gasteiger partial charge in [-0.15, -0.1) is 22.7 Å². The van der Waals surface area contributed by atoms with E-state index in [1.807, 2.05) is 41.5 Å². The van der Waals surface area contributed by atoms with Gasteiger partial charge in [0.15, 0.2) is 6.29 Å². The highest BCUT2D eigenvalue weighted by Crippen LogP contribution is 2.21. The second-order valence-electron chi connectivity index (χ2n) is 10.1. The van der Waals surface area contributed by atoms with E-state index in [-0.39, 0.29) is 16.7 Å². The molecule has 0 bridgehead atoms. The van der Waals surface area contributed by atoms with Crippen LogP contribution in [0.25, 0.3) is 0 Å². The van der Waals surface area contributed by atoms with Gasteiger partial charge in [-0.1, -0.05) is 4.40 Å². The maximum atomic E-state index is 11.9. The molecule has 0 fully saturated rings. The summed E-state index contributed by atoms with van der Waals surface area (Å²) in [5.74, 6) is -0.727. The molecular weight excluding hydrogens is 494 g/mol. The summed E-state index contributed by atoms with van der Waals surface area (Å²) in [6, 6.07) is 6.67. The Hall–Kier alpha value is -2.01. The molecule has 1 atom stereocenters. The number of carbonyl (C=O) groups excluding carboxylic acids is 3. The Labute approximate surface area is 212 Å². The number of esters is 2. The van der Waals surface area contributed by atoms with E-state index >= 15 is 0 Å². The highest BCUT2D eigenvalue weighted by Gasteiger charge is 2.26. The molecule has 0 aromatic carbocycles. The van der Waals surface area contributed by atoms with Gasteiger partial charge in [0.2, 0.25) is 0 Å². The molecule has 2 rings (SSSR count). The van der Waals surface area contributed by atoms with Gasteiger partial charge in [0, 0.05) is 0 Å². The van der Waals surface area contributed by atoms with Crippen LogP contribution in [0.3, 0.4) is 0 Å². The summed E-state index contributed by atoms with van der Waals surface area (Å²) in [6.45, 7) is 16.5. The molecule has 0 spiro atoms. The summed E-state index contributed by atoms with van der Waals surface area (Å²) in [5, 5.41) is 0. The number of hydrogen-bond acceptors (Lipinski definition) is 9. The minimum absolute atomic E-state index is 0.348. The van der Waals surface area contributed by atoms with Crippen LogP contribution in [0, 0.1) is 0 Å². The highest BCUT2D eigenvalue weighted by molar-refractivity contribution is 7.91. The molecule has 1 unspecified atom stereocenters. The molecule has 0 saturated carbocycles. The Morgan fingerprint density at radius 2 is 1.24 bits per heavy atom. The number of aldehydes is 1. The largest absolute Gasteiger partial charge is 0.591 e. The van der Waals surface area contributed by atoms with E-state index in [1.165, 1.54) is 11.3 Å². The molecule has 0 aliphatic rings. The fourth-order valence-electron chi connectivity index (χ4n) is 1.97. The SMILES string of the molecule is CC(C)(C)OC(=O)c1ccc(C=N[S+]([O-])C(C)(C)C)s1.CC(C)(C)OC(=O)c1ccc(C=O)s1. The van der Waals surface area contributed by atoms with Crippen LogP contribution in [-0.2, 0) is 20.8 Å². The van der Waals surface area contributed by atoms with E-state index in [4.69, 9.17) is 9.47 Å². The minimum atomic E-state index is -1.30. The summed E-state index contributed by atoms with van der Waals surface area (Å²) in [4.78, 5) is 36.0. The first-order valence-corrected chi connectivity index (χ1v) is 13.2. The average molecular weight is 528 g/mol. The number of rotatable bonds is 5. The highest BCUT2D eigenvalue weighted by atomic mass is 32.2. The van der Waals surface area contributed by atoms with E-state index in [9.17, 15) is 18.9 Å². The lowest BCUT2D eigenvalue weighted by Crippen LogP contribution is -2.25. The third-order valence-electron chi connectivity index (χ3n) is 3.37. The van der Waals surface area contributed by atoms with Crippen LogP contribution < -0.4 is 0 Å². The van der Waals surface area contributed by atoms with Gasteiger partial charge in [0.05, 0.1) is 16.0 Å². The van der Waals surface area contributed by atoms with E-state index < -0.39 is 22.6 Å². The van der Waals surface area contributed by atoms with E-state index in [1.54, 1.807) is 51.3 Å². The number of nitrogens with zero attached hydrogens (tertiary/aromatic N) is 1. The third-order valence-corrected chi connectivity index (χ3v) is 6.70. The first-order valence-electron chi connectivity index (χ1n) is 10.5. The molecule has 2 aromatic rings. The van der Waals surface area contributed by atoms with Crippen molar-refractivity contribution in [3.05, 3.63) is 43.8 Å². The van der Waals surface area contributed by atoms with Gasteiger partial charge < -0.3 is 14.0 Å². The molecule has 0 amide bonds. The minimum Gasteiger partial charge on any atom is -0.591 e. The number of ether oxygens (including phenoxy) is 2. The number of carbonyl (C=O) groups is 3. The topological polar surface area (TPSA) is 105 Å². The monoisotopic (exact) mass is 527 g/mol. The first-order chi connectivity index (χ1) is 15.4. The summed E-state index contributed by atoms with van der Waals surface area (Å²) in [6.07, 6.45) is 2.26. The van der Waals surface area contributed by atoms with Crippen molar-refractivity contribution in [1.82, 2.24) is 0 Å². The predicted octanol–water partition coefficient (Wildman–Crippen LogP) is 6.10. The lowest BCUT2D eigenvalue weighted by molar-refractivity contribution is 0.00625. The van der Waals surface area contributed by atoms with Crippen LogP contribution in [0.2, 0.25) is 0 Å². The average Bonchev–Trinajstić information content (AvgIpc) is 3.32. The van der Waals surface area contributed by atoms with Gasteiger partial charge >= 0.3 is 11.9 Å².